The Balaban J connectivity index is 2.02. The number of hydrogen-bond acceptors (Lipinski definition) is 3. The van der Waals surface area contributed by atoms with Crippen molar-refractivity contribution in [3.63, 3.8) is 0 Å². The van der Waals surface area contributed by atoms with E-state index in [1.54, 1.807) is 6.07 Å². The summed E-state index contributed by atoms with van der Waals surface area (Å²) in [7, 11) is 1.90. The first-order valence-corrected chi connectivity index (χ1v) is 6.53. The average Bonchev–Trinajstić information content (AvgIpc) is 2.76. The number of halogens is 1. The van der Waals surface area contributed by atoms with Crippen LogP contribution in [0, 0.1) is 0 Å². The van der Waals surface area contributed by atoms with Crippen LogP contribution in [0.15, 0.2) is 24.4 Å². The van der Waals surface area contributed by atoms with Gasteiger partial charge in [0.15, 0.2) is 5.78 Å². The van der Waals surface area contributed by atoms with E-state index >= 15 is 0 Å². The van der Waals surface area contributed by atoms with Crippen LogP contribution < -0.4 is 0 Å². The molecular formula is C14H14ClNO3. The van der Waals surface area contributed by atoms with Crippen LogP contribution in [0.4, 0.5) is 0 Å². The van der Waals surface area contributed by atoms with Gasteiger partial charge in [-0.25, -0.2) is 0 Å². The molecular weight excluding hydrogens is 266 g/mol. The number of carbonyl (C=O) groups excluding carboxylic acids is 1. The molecule has 4 nitrogen and oxygen atoms in total. The third-order valence-electron chi connectivity index (χ3n) is 3.33. The van der Waals surface area contributed by atoms with Crippen molar-refractivity contribution < 1.29 is 14.3 Å². The normalized spacial score (nSPS) is 19.8. The minimum absolute atomic E-state index is 0.0346. The van der Waals surface area contributed by atoms with Crippen molar-refractivity contribution in [3.05, 3.63) is 35.0 Å². The minimum Gasteiger partial charge on any atom is -0.376 e. The number of ether oxygens (including phenoxy) is 2. The SMILES string of the molecule is Cn1cc(C(=O)C2COCCO2)c2ccc(Cl)cc21. The Bertz CT molecular complexity index is 629. The van der Waals surface area contributed by atoms with Crippen molar-refractivity contribution in [1.29, 1.82) is 0 Å². The Morgan fingerprint density at radius 1 is 1.42 bits per heavy atom. The van der Waals surface area contributed by atoms with Crippen LogP contribution in [-0.2, 0) is 16.5 Å². The van der Waals surface area contributed by atoms with Crippen LogP contribution >= 0.6 is 11.6 Å². The predicted molar refractivity (Wildman–Crippen MR) is 72.8 cm³/mol. The maximum Gasteiger partial charge on any atom is 0.196 e. The highest BCUT2D eigenvalue weighted by atomic mass is 35.5. The van der Waals surface area contributed by atoms with Gasteiger partial charge in [-0.15, -0.1) is 0 Å². The number of ketones is 1. The molecule has 0 bridgehead atoms. The maximum atomic E-state index is 12.5. The van der Waals surface area contributed by atoms with Crippen LogP contribution in [0.5, 0.6) is 0 Å². The number of fused-ring (bicyclic) bond motifs is 1. The Hall–Kier alpha value is -1.36. The summed E-state index contributed by atoms with van der Waals surface area (Å²) in [6, 6.07) is 5.51. The maximum absolute atomic E-state index is 12.5. The number of Topliss-reactive ketones (excluding diaryl/α,β-unsaturated/α-hetero) is 1. The van der Waals surface area contributed by atoms with Gasteiger partial charge in [0.2, 0.25) is 0 Å². The molecule has 0 aliphatic carbocycles. The highest BCUT2D eigenvalue weighted by Crippen LogP contribution is 2.25. The molecule has 1 aliphatic heterocycles. The Morgan fingerprint density at radius 3 is 3.00 bits per heavy atom. The Labute approximate surface area is 115 Å². The number of nitrogens with zero attached hydrogens (tertiary/aromatic N) is 1. The first-order chi connectivity index (χ1) is 9.16. The lowest BCUT2D eigenvalue weighted by Gasteiger charge is -2.21. The molecule has 1 aromatic heterocycles. The largest absolute Gasteiger partial charge is 0.376 e. The molecule has 0 radical (unpaired) electrons. The molecule has 19 heavy (non-hydrogen) atoms. The van der Waals surface area contributed by atoms with E-state index in [1.165, 1.54) is 0 Å². The molecule has 3 rings (SSSR count). The van der Waals surface area contributed by atoms with E-state index in [0.717, 1.165) is 10.9 Å². The summed E-state index contributed by atoms with van der Waals surface area (Å²) in [4.78, 5) is 12.5. The summed E-state index contributed by atoms with van der Waals surface area (Å²) in [6.45, 7) is 1.34. The summed E-state index contributed by atoms with van der Waals surface area (Å²) < 4.78 is 12.7. The number of aryl methyl sites for hydroxylation is 1. The lowest BCUT2D eigenvalue weighted by molar-refractivity contribution is -0.0718. The average molecular weight is 280 g/mol. The zero-order valence-electron chi connectivity index (χ0n) is 10.6. The monoisotopic (exact) mass is 279 g/mol. The molecule has 0 N–H and O–H groups in total. The van der Waals surface area contributed by atoms with Crippen molar-refractivity contribution in [1.82, 2.24) is 4.57 Å². The number of benzene rings is 1. The number of carbonyl (C=O) groups is 1. The fourth-order valence-electron chi connectivity index (χ4n) is 2.37. The highest BCUT2D eigenvalue weighted by molar-refractivity contribution is 6.31. The van der Waals surface area contributed by atoms with E-state index in [1.807, 2.05) is 29.9 Å². The fraction of sp³-hybridized carbons (Fsp3) is 0.357. The van der Waals surface area contributed by atoms with Gasteiger partial charge in [0.05, 0.1) is 19.8 Å². The van der Waals surface area contributed by atoms with Gasteiger partial charge < -0.3 is 14.0 Å². The predicted octanol–water partition coefficient (Wildman–Crippen LogP) is 2.43. The van der Waals surface area contributed by atoms with Crippen molar-refractivity contribution in [2.45, 2.75) is 6.10 Å². The lowest BCUT2D eigenvalue weighted by Crippen LogP contribution is -2.35. The smallest absolute Gasteiger partial charge is 0.196 e. The van der Waals surface area contributed by atoms with Gasteiger partial charge in [0.1, 0.15) is 6.10 Å². The molecule has 1 saturated heterocycles. The van der Waals surface area contributed by atoms with E-state index in [0.29, 0.717) is 30.4 Å². The second kappa shape index (κ2) is 4.96. The first kappa shape index (κ1) is 12.7. The minimum atomic E-state index is -0.505. The van der Waals surface area contributed by atoms with Gasteiger partial charge >= 0.3 is 0 Å². The molecule has 1 fully saturated rings. The van der Waals surface area contributed by atoms with E-state index in [2.05, 4.69) is 0 Å². The lowest BCUT2D eigenvalue weighted by atomic mass is 10.1. The molecule has 1 unspecified atom stereocenters. The number of aromatic nitrogens is 1. The second-order valence-electron chi connectivity index (χ2n) is 4.61. The Morgan fingerprint density at radius 2 is 2.26 bits per heavy atom. The van der Waals surface area contributed by atoms with Gasteiger partial charge in [-0.1, -0.05) is 17.7 Å². The van der Waals surface area contributed by atoms with Gasteiger partial charge in [-0.05, 0) is 12.1 Å². The standard InChI is InChI=1S/C14H14ClNO3/c1-16-7-11(10-3-2-9(15)6-12(10)16)14(17)13-8-18-4-5-19-13/h2-3,6-7,13H,4-5,8H2,1H3. The fourth-order valence-corrected chi connectivity index (χ4v) is 2.53. The number of rotatable bonds is 2. The quantitative estimate of drug-likeness (QED) is 0.793. The molecule has 1 atom stereocenters. The molecule has 0 saturated carbocycles. The molecule has 0 amide bonds. The van der Waals surface area contributed by atoms with Crippen molar-refractivity contribution >= 4 is 28.3 Å². The summed E-state index contributed by atoms with van der Waals surface area (Å²) in [5, 5.41) is 1.55. The first-order valence-electron chi connectivity index (χ1n) is 6.15. The molecule has 100 valence electrons. The van der Waals surface area contributed by atoms with Crippen molar-refractivity contribution in [2.75, 3.05) is 19.8 Å². The molecule has 0 spiro atoms. The number of hydrogen-bond donors (Lipinski definition) is 0. The Kier molecular flexibility index (Phi) is 3.31. The van der Waals surface area contributed by atoms with Crippen LogP contribution in [0.25, 0.3) is 10.9 Å². The van der Waals surface area contributed by atoms with E-state index in [-0.39, 0.29) is 5.78 Å². The van der Waals surface area contributed by atoms with Gasteiger partial charge in [0.25, 0.3) is 0 Å². The van der Waals surface area contributed by atoms with Gasteiger partial charge in [0, 0.05) is 34.7 Å². The molecule has 2 aromatic rings. The molecule has 1 aliphatic rings. The summed E-state index contributed by atoms with van der Waals surface area (Å²) in [5.41, 5.74) is 1.59. The van der Waals surface area contributed by atoms with Crippen molar-refractivity contribution in [3.8, 4) is 0 Å². The zero-order valence-corrected chi connectivity index (χ0v) is 11.3. The topological polar surface area (TPSA) is 40.5 Å². The third kappa shape index (κ3) is 2.27. The molecule has 5 heteroatoms. The van der Waals surface area contributed by atoms with E-state index in [9.17, 15) is 4.79 Å². The van der Waals surface area contributed by atoms with Crippen LogP contribution in [0.1, 0.15) is 10.4 Å². The van der Waals surface area contributed by atoms with Gasteiger partial charge in [-0.3, -0.25) is 4.79 Å². The zero-order chi connectivity index (χ0) is 13.4. The molecule has 2 heterocycles. The van der Waals surface area contributed by atoms with Gasteiger partial charge in [-0.2, -0.15) is 0 Å². The summed E-state index contributed by atoms with van der Waals surface area (Å²) in [5.74, 6) is -0.0346. The van der Waals surface area contributed by atoms with Crippen LogP contribution in [0.3, 0.4) is 0 Å². The highest BCUT2D eigenvalue weighted by Gasteiger charge is 2.26. The van der Waals surface area contributed by atoms with E-state index in [4.69, 9.17) is 21.1 Å². The third-order valence-corrected chi connectivity index (χ3v) is 3.56. The van der Waals surface area contributed by atoms with Crippen LogP contribution in [0.2, 0.25) is 5.02 Å². The second-order valence-corrected chi connectivity index (χ2v) is 5.05. The molecule has 1 aromatic carbocycles. The van der Waals surface area contributed by atoms with E-state index < -0.39 is 6.10 Å². The summed E-state index contributed by atoms with van der Waals surface area (Å²) >= 11 is 5.99. The van der Waals surface area contributed by atoms with Crippen LogP contribution in [-0.4, -0.2) is 36.3 Å². The summed E-state index contributed by atoms with van der Waals surface area (Å²) in [6.07, 6.45) is 1.32. The van der Waals surface area contributed by atoms with Crippen molar-refractivity contribution in [2.24, 2.45) is 7.05 Å².